The van der Waals surface area contributed by atoms with Gasteiger partial charge in [0.15, 0.2) is 5.76 Å². The number of hydrogen-bond acceptors (Lipinski definition) is 6. The molecule has 8 heteroatoms. The SMILES string of the molecule is C[NH+]1CCN(NC(=O)c2oc3ccccc3c2CSC2=NCCS2)CC1. The molecule has 6 nitrogen and oxygen atoms in total. The largest absolute Gasteiger partial charge is 0.451 e. The molecule has 0 unspecified atom stereocenters. The summed E-state index contributed by atoms with van der Waals surface area (Å²) < 4.78 is 7.04. The van der Waals surface area contributed by atoms with Crippen LogP contribution in [-0.2, 0) is 5.75 Å². The number of amides is 1. The maximum absolute atomic E-state index is 12.9. The summed E-state index contributed by atoms with van der Waals surface area (Å²) in [6.07, 6.45) is 0. The first-order valence-corrected chi connectivity index (χ1v) is 10.9. The van der Waals surface area contributed by atoms with Gasteiger partial charge in [-0.05, 0) is 6.07 Å². The van der Waals surface area contributed by atoms with Gasteiger partial charge in [0.2, 0.25) is 0 Å². The summed E-state index contributed by atoms with van der Waals surface area (Å²) in [5.74, 6) is 2.01. The van der Waals surface area contributed by atoms with Crippen LogP contribution in [0.15, 0.2) is 33.7 Å². The third kappa shape index (κ3) is 3.93. The number of para-hydroxylation sites is 1. The van der Waals surface area contributed by atoms with Crippen LogP contribution in [0.3, 0.4) is 0 Å². The Bertz CT molecular complexity index is 828. The van der Waals surface area contributed by atoms with Crippen molar-refractivity contribution in [3.05, 3.63) is 35.6 Å². The number of nitrogens with zero attached hydrogens (tertiary/aromatic N) is 2. The first-order valence-electron chi connectivity index (χ1n) is 8.88. The second-order valence-electron chi connectivity index (χ2n) is 6.58. The van der Waals surface area contributed by atoms with E-state index in [0.717, 1.165) is 59.4 Å². The summed E-state index contributed by atoms with van der Waals surface area (Å²) >= 11 is 3.47. The number of furan rings is 1. The molecule has 1 aromatic carbocycles. The highest BCUT2D eigenvalue weighted by Crippen LogP contribution is 2.32. The fourth-order valence-corrected chi connectivity index (χ4v) is 5.19. The fourth-order valence-electron chi connectivity index (χ4n) is 3.16. The zero-order chi connectivity index (χ0) is 17.9. The number of hydrogen-bond donors (Lipinski definition) is 2. The lowest BCUT2D eigenvalue weighted by Gasteiger charge is -2.29. The average molecular weight is 392 g/mol. The molecule has 1 saturated heterocycles. The van der Waals surface area contributed by atoms with E-state index < -0.39 is 0 Å². The molecule has 138 valence electrons. The van der Waals surface area contributed by atoms with Crippen LogP contribution in [0.5, 0.6) is 0 Å². The summed E-state index contributed by atoms with van der Waals surface area (Å²) in [5, 5.41) is 3.01. The Kier molecular flexibility index (Phi) is 5.54. The molecule has 2 N–H and O–H groups in total. The highest BCUT2D eigenvalue weighted by molar-refractivity contribution is 8.38. The Labute approximate surface area is 161 Å². The Morgan fingerprint density at radius 3 is 2.96 bits per heavy atom. The molecule has 26 heavy (non-hydrogen) atoms. The number of benzene rings is 1. The smallest absolute Gasteiger partial charge is 0.301 e. The number of thioether (sulfide) groups is 2. The zero-order valence-corrected chi connectivity index (χ0v) is 16.4. The predicted molar refractivity (Wildman–Crippen MR) is 108 cm³/mol. The molecule has 2 aliphatic heterocycles. The first-order chi connectivity index (χ1) is 12.7. The van der Waals surface area contributed by atoms with E-state index in [2.05, 4.69) is 17.5 Å². The monoisotopic (exact) mass is 391 g/mol. The van der Waals surface area contributed by atoms with Gasteiger partial charge in [-0.2, -0.15) is 0 Å². The van der Waals surface area contributed by atoms with Crippen LogP contribution >= 0.6 is 23.5 Å². The highest BCUT2D eigenvalue weighted by atomic mass is 32.2. The summed E-state index contributed by atoms with van der Waals surface area (Å²) in [6, 6.07) is 7.86. The quantitative estimate of drug-likeness (QED) is 0.821. The van der Waals surface area contributed by atoms with Gasteiger partial charge in [-0.1, -0.05) is 41.7 Å². The van der Waals surface area contributed by atoms with Crippen LogP contribution in [-0.4, -0.2) is 60.8 Å². The summed E-state index contributed by atoms with van der Waals surface area (Å²) in [4.78, 5) is 18.9. The lowest BCUT2D eigenvalue weighted by Crippen LogP contribution is -3.12. The number of rotatable bonds is 4. The average Bonchev–Trinajstić information content (AvgIpc) is 3.29. The van der Waals surface area contributed by atoms with Crippen LogP contribution in [0.2, 0.25) is 0 Å². The standard InChI is InChI=1S/C18H22N4O2S2/c1-21-7-9-22(10-8-21)20-17(23)16-14(12-26-18-19-6-11-25-18)13-4-2-3-5-15(13)24-16/h2-5H,6-12H2,1H3,(H,20,23)/p+1. The van der Waals surface area contributed by atoms with Gasteiger partial charge in [-0.15, -0.1) is 0 Å². The molecule has 0 spiro atoms. The van der Waals surface area contributed by atoms with Crippen molar-refractivity contribution in [2.45, 2.75) is 5.75 Å². The van der Waals surface area contributed by atoms with E-state index in [1.807, 2.05) is 29.3 Å². The van der Waals surface area contributed by atoms with Crippen molar-refractivity contribution in [3.8, 4) is 0 Å². The lowest BCUT2D eigenvalue weighted by molar-refractivity contribution is -0.884. The Morgan fingerprint density at radius 2 is 2.19 bits per heavy atom. The van der Waals surface area contributed by atoms with E-state index in [-0.39, 0.29) is 5.91 Å². The third-order valence-electron chi connectivity index (χ3n) is 4.68. The first kappa shape index (κ1) is 17.9. The maximum Gasteiger partial charge on any atom is 0.301 e. The number of fused-ring (bicyclic) bond motifs is 1. The molecule has 0 aliphatic carbocycles. The van der Waals surface area contributed by atoms with Gasteiger partial charge in [0.25, 0.3) is 0 Å². The zero-order valence-electron chi connectivity index (χ0n) is 14.8. The fraction of sp³-hybridized carbons (Fsp3) is 0.444. The van der Waals surface area contributed by atoms with Crippen LogP contribution in [0, 0.1) is 0 Å². The molecule has 1 aromatic heterocycles. The van der Waals surface area contributed by atoms with Gasteiger partial charge >= 0.3 is 5.91 Å². The second-order valence-corrected chi connectivity index (χ2v) is 8.88. The molecule has 3 heterocycles. The molecular formula is C18H23N4O2S2+. The lowest BCUT2D eigenvalue weighted by atomic mass is 10.1. The summed E-state index contributed by atoms with van der Waals surface area (Å²) in [6.45, 7) is 4.66. The maximum atomic E-state index is 12.9. The minimum atomic E-state index is -0.155. The Balaban J connectivity index is 1.54. The molecule has 4 rings (SSSR count). The summed E-state index contributed by atoms with van der Waals surface area (Å²) in [5.41, 5.74) is 4.75. The van der Waals surface area contributed by atoms with Crippen molar-refractivity contribution in [2.75, 3.05) is 45.5 Å². The number of quaternary nitrogens is 1. The van der Waals surface area contributed by atoms with Gasteiger partial charge in [0, 0.05) is 22.5 Å². The van der Waals surface area contributed by atoms with Crippen LogP contribution in [0.4, 0.5) is 0 Å². The van der Waals surface area contributed by atoms with Gasteiger partial charge in [-0.25, -0.2) is 5.01 Å². The van der Waals surface area contributed by atoms with Gasteiger partial charge in [0.05, 0.1) is 39.8 Å². The van der Waals surface area contributed by atoms with E-state index in [1.165, 1.54) is 4.90 Å². The minimum Gasteiger partial charge on any atom is -0.451 e. The van der Waals surface area contributed by atoms with Crippen LogP contribution < -0.4 is 10.3 Å². The number of likely N-dealkylation sites (N-methyl/N-ethyl adjacent to an activating group) is 1. The van der Waals surface area contributed by atoms with Gasteiger partial charge in [-0.3, -0.25) is 15.2 Å². The van der Waals surface area contributed by atoms with Crippen molar-refractivity contribution in [1.82, 2.24) is 10.4 Å². The number of carbonyl (C=O) groups is 1. The highest BCUT2D eigenvalue weighted by Gasteiger charge is 2.25. The number of aliphatic imine (C=N–C) groups is 1. The van der Waals surface area contributed by atoms with Crippen molar-refractivity contribution in [3.63, 3.8) is 0 Å². The molecule has 2 aliphatic rings. The number of piperazine rings is 1. The van der Waals surface area contributed by atoms with Crippen molar-refractivity contribution < 1.29 is 14.1 Å². The van der Waals surface area contributed by atoms with Gasteiger partial charge < -0.3 is 9.32 Å². The molecular weight excluding hydrogens is 368 g/mol. The van der Waals surface area contributed by atoms with Crippen molar-refractivity contribution >= 4 is 44.8 Å². The van der Waals surface area contributed by atoms with E-state index in [4.69, 9.17) is 4.42 Å². The van der Waals surface area contributed by atoms with E-state index >= 15 is 0 Å². The molecule has 0 bridgehead atoms. The molecule has 2 aromatic rings. The van der Waals surface area contributed by atoms with Gasteiger partial charge in [0.1, 0.15) is 9.96 Å². The van der Waals surface area contributed by atoms with Crippen molar-refractivity contribution in [2.24, 2.45) is 4.99 Å². The number of hydrazine groups is 1. The molecule has 1 fully saturated rings. The molecule has 1 amide bonds. The molecule has 0 saturated carbocycles. The Hall–Kier alpha value is -1.48. The van der Waals surface area contributed by atoms with Crippen LogP contribution in [0.25, 0.3) is 11.0 Å². The topological polar surface area (TPSA) is 62.3 Å². The van der Waals surface area contributed by atoms with Crippen LogP contribution in [0.1, 0.15) is 16.1 Å². The van der Waals surface area contributed by atoms with Crippen molar-refractivity contribution in [1.29, 1.82) is 0 Å². The van der Waals surface area contributed by atoms with E-state index in [9.17, 15) is 4.79 Å². The molecule has 0 radical (unpaired) electrons. The minimum absolute atomic E-state index is 0.155. The normalized spacial score (nSPS) is 19.0. The summed E-state index contributed by atoms with van der Waals surface area (Å²) in [7, 11) is 2.18. The van der Waals surface area contributed by atoms with E-state index in [0.29, 0.717) is 11.5 Å². The Morgan fingerprint density at radius 1 is 1.38 bits per heavy atom. The van der Waals surface area contributed by atoms with E-state index in [1.54, 1.807) is 23.5 Å². The number of carbonyl (C=O) groups excluding carboxylic acids is 1. The predicted octanol–water partition coefficient (Wildman–Crippen LogP) is 1.24. The third-order valence-corrected chi connectivity index (χ3v) is 6.96. The number of nitrogens with one attached hydrogen (secondary N) is 2. The molecule has 0 atom stereocenters. The second kappa shape index (κ2) is 8.04.